The summed E-state index contributed by atoms with van der Waals surface area (Å²) in [4.78, 5) is 12.2. The highest BCUT2D eigenvalue weighted by atomic mass is 35.5. The highest BCUT2D eigenvalue weighted by Gasteiger charge is 2.31. The molecule has 0 amide bonds. The molecule has 0 aliphatic heterocycles. The number of pyridine rings is 2. The van der Waals surface area contributed by atoms with Gasteiger partial charge in [-0.3, -0.25) is 4.98 Å². The largest absolute Gasteiger partial charge is 0.475 e. The molecule has 2 aromatic heterocycles. The SMILES string of the molecule is CCNC(=NCc1ccccn1)NCCOc1ncc(C(F)(F)F)cc1Cl. The third-order valence-corrected chi connectivity index (χ3v) is 3.51. The topological polar surface area (TPSA) is 71.4 Å². The molecular weight excluding hydrogens is 383 g/mol. The van der Waals surface area contributed by atoms with E-state index in [2.05, 4.69) is 25.6 Å². The Labute approximate surface area is 159 Å². The number of rotatable bonds is 7. The first-order valence-electron chi connectivity index (χ1n) is 8.17. The van der Waals surface area contributed by atoms with E-state index < -0.39 is 11.7 Å². The smallest absolute Gasteiger partial charge is 0.417 e. The van der Waals surface area contributed by atoms with Crippen LogP contribution in [-0.4, -0.2) is 35.6 Å². The molecule has 2 N–H and O–H groups in total. The number of aliphatic imine (C=N–C) groups is 1. The maximum absolute atomic E-state index is 12.6. The first-order valence-corrected chi connectivity index (χ1v) is 8.55. The van der Waals surface area contributed by atoms with Gasteiger partial charge in [-0.15, -0.1) is 0 Å². The van der Waals surface area contributed by atoms with Crippen LogP contribution in [0.1, 0.15) is 18.2 Å². The van der Waals surface area contributed by atoms with E-state index in [4.69, 9.17) is 16.3 Å². The summed E-state index contributed by atoms with van der Waals surface area (Å²) in [6, 6.07) is 6.37. The molecule has 0 fully saturated rings. The zero-order valence-electron chi connectivity index (χ0n) is 14.6. The van der Waals surface area contributed by atoms with Crippen molar-refractivity contribution >= 4 is 17.6 Å². The van der Waals surface area contributed by atoms with Crippen LogP contribution in [-0.2, 0) is 12.7 Å². The second kappa shape index (κ2) is 9.96. The standard InChI is InChI=1S/C17H19ClF3N5O/c1-2-22-16(26-11-13-5-3-4-6-23-13)24-7-8-27-15-14(18)9-12(10-25-15)17(19,20)21/h3-6,9-10H,2,7-8,11H2,1H3,(H2,22,24,26). The van der Waals surface area contributed by atoms with E-state index in [0.717, 1.165) is 11.8 Å². The minimum atomic E-state index is -4.50. The number of hydrogen-bond acceptors (Lipinski definition) is 4. The number of nitrogens with one attached hydrogen (secondary N) is 2. The van der Waals surface area contributed by atoms with Crippen molar-refractivity contribution in [3.8, 4) is 5.88 Å². The van der Waals surface area contributed by atoms with E-state index in [1.54, 1.807) is 6.20 Å². The van der Waals surface area contributed by atoms with Gasteiger partial charge in [0.15, 0.2) is 5.96 Å². The van der Waals surface area contributed by atoms with Crippen LogP contribution in [0.2, 0.25) is 5.02 Å². The zero-order chi connectivity index (χ0) is 19.7. The lowest BCUT2D eigenvalue weighted by Gasteiger charge is -2.13. The normalized spacial score (nSPS) is 12.0. The van der Waals surface area contributed by atoms with Gasteiger partial charge in [0.2, 0.25) is 5.88 Å². The molecule has 0 saturated heterocycles. The van der Waals surface area contributed by atoms with Crippen LogP contribution in [0.5, 0.6) is 5.88 Å². The summed E-state index contributed by atoms with van der Waals surface area (Å²) in [5.74, 6) is 0.514. The Morgan fingerprint density at radius 2 is 2.07 bits per heavy atom. The van der Waals surface area contributed by atoms with Gasteiger partial charge in [0.25, 0.3) is 0 Å². The van der Waals surface area contributed by atoms with Crippen LogP contribution in [0, 0.1) is 0 Å². The summed E-state index contributed by atoms with van der Waals surface area (Å²) < 4.78 is 43.1. The molecule has 2 heterocycles. The van der Waals surface area contributed by atoms with Gasteiger partial charge in [-0.2, -0.15) is 13.2 Å². The number of nitrogens with zero attached hydrogens (tertiary/aromatic N) is 3. The molecule has 0 saturated carbocycles. The summed E-state index contributed by atoms with van der Waals surface area (Å²) in [6.45, 7) is 3.50. The first kappa shape index (κ1) is 20.8. The molecule has 0 radical (unpaired) electrons. The molecule has 2 rings (SSSR count). The molecule has 6 nitrogen and oxygen atoms in total. The lowest BCUT2D eigenvalue weighted by Crippen LogP contribution is -2.39. The second-order valence-electron chi connectivity index (χ2n) is 5.30. The Balaban J connectivity index is 1.84. The number of ether oxygens (including phenoxy) is 1. The molecule has 10 heteroatoms. The Kier molecular flexibility index (Phi) is 7.66. The second-order valence-corrected chi connectivity index (χ2v) is 5.71. The third-order valence-electron chi connectivity index (χ3n) is 3.24. The minimum Gasteiger partial charge on any atom is -0.475 e. The molecule has 0 aliphatic carbocycles. The monoisotopic (exact) mass is 401 g/mol. The molecule has 0 aromatic carbocycles. The lowest BCUT2D eigenvalue weighted by molar-refractivity contribution is -0.137. The van der Waals surface area contributed by atoms with E-state index in [0.29, 0.717) is 31.8 Å². The van der Waals surface area contributed by atoms with Crippen molar-refractivity contribution in [2.75, 3.05) is 19.7 Å². The maximum Gasteiger partial charge on any atom is 0.417 e. The molecule has 27 heavy (non-hydrogen) atoms. The summed E-state index contributed by atoms with van der Waals surface area (Å²) in [5, 5.41) is 5.93. The number of hydrogen-bond donors (Lipinski definition) is 2. The highest BCUT2D eigenvalue weighted by molar-refractivity contribution is 6.31. The molecule has 0 aliphatic rings. The third kappa shape index (κ3) is 6.93. The van der Waals surface area contributed by atoms with Gasteiger partial charge < -0.3 is 15.4 Å². The van der Waals surface area contributed by atoms with Crippen molar-refractivity contribution in [2.24, 2.45) is 4.99 Å². The van der Waals surface area contributed by atoms with E-state index >= 15 is 0 Å². The van der Waals surface area contributed by atoms with Gasteiger partial charge in [-0.25, -0.2) is 9.98 Å². The molecule has 146 valence electrons. The van der Waals surface area contributed by atoms with E-state index in [-0.39, 0.29) is 17.5 Å². The molecule has 0 atom stereocenters. The summed E-state index contributed by atoms with van der Waals surface area (Å²) >= 11 is 5.79. The van der Waals surface area contributed by atoms with E-state index in [1.165, 1.54) is 0 Å². The maximum atomic E-state index is 12.6. The fourth-order valence-electron chi connectivity index (χ4n) is 2.00. The van der Waals surface area contributed by atoms with Gasteiger partial charge in [0.1, 0.15) is 11.6 Å². The number of alkyl halides is 3. The minimum absolute atomic E-state index is 0.0538. The van der Waals surface area contributed by atoms with Gasteiger partial charge in [-0.1, -0.05) is 17.7 Å². The molecule has 0 bridgehead atoms. The van der Waals surface area contributed by atoms with Crippen LogP contribution in [0.15, 0.2) is 41.7 Å². The van der Waals surface area contributed by atoms with Crippen molar-refractivity contribution in [1.82, 2.24) is 20.6 Å². The van der Waals surface area contributed by atoms with Crippen LogP contribution >= 0.6 is 11.6 Å². The Morgan fingerprint density at radius 3 is 2.70 bits per heavy atom. The Bertz CT molecular complexity index is 756. The highest BCUT2D eigenvalue weighted by Crippen LogP contribution is 2.32. The Hall–Kier alpha value is -2.55. The van der Waals surface area contributed by atoms with Gasteiger partial charge in [0.05, 0.1) is 24.3 Å². The fraction of sp³-hybridized carbons (Fsp3) is 0.353. The van der Waals surface area contributed by atoms with Crippen LogP contribution < -0.4 is 15.4 Å². The predicted octanol–water partition coefficient (Wildman–Crippen LogP) is 3.28. The number of aromatic nitrogens is 2. The average Bonchev–Trinajstić information content (AvgIpc) is 2.64. The summed E-state index contributed by atoms with van der Waals surface area (Å²) in [5.41, 5.74) is -0.0965. The predicted molar refractivity (Wildman–Crippen MR) is 96.8 cm³/mol. The van der Waals surface area contributed by atoms with Gasteiger partial charge in [0, 0.05) is 18.9 Å². The molecule has 0 unspecified atom stereocenters. The van der Waals surface area contributed by atoms with Crippen LogP contribution in [0.3, 0.4) is 0 Å². The lowest BCUT2D eigenvalue weighted by atomic mass is 10.3. The van der Waals surface area contributed by atoms with Crippen molar-refractivity contribution in [1.29, 1.82) is 0 Å². The van der Waals surface area contributed by atoms with Crippen molar-refractivity contribution in [3.63, 3.8) is 0 Å². The molecular formula is C17H19ClF3N5O. The quantitative estimate of drug-likeness (QED) is 0.423. The average molecular weight is 402 g/mol. The zero-order valence-corrected chi connectivity index (χ0v) is 15.3. The number of halogens is 4. The van der Waals surface area contributed by atoms with Crippen molar-refractivity contribution in [2.45, 2.75) is 19.6 Å². The Morgan fingerprint density at radius 1 is 1.26 bits per heavy atom. The van der Waals surface area contributed by atoms with Crippen molar-refractivity contribution < 1.29 is 17.9 Å². The van der Waals surface area contributed by atoms with Gasteiger partial charge >= 0.3 is 6.18 Å². The van der Waals surface area contributed by atoms with E-state index in [9.17, 15) is 13.2 Å². The fourth-order valence-corrected chi connectivity index (χ4v) is 2.22. The molecule has 0 spiro atoms. The van der Waals surface area contributed by atoms with Crippen LogP contribution in [0.4, 0.5) is 13.2 Å². The van der Waals surface area contributed by atoms with E-state index in [1.807, 2.05) is 25.1 Å². The van der Waals surface area contributed by atoms with Crippen molar-refractivity contribution in [3.05, 3.63) is 52.9 Å². The van der Waals surface area contributed by atoms with Crippen LogP contribution in [0.25, 0.3) is 0 Å². The van der Waals surface area contributed by atoms with Gasteiger partial charge in [-0.05, 0) is 25.1 Å². The summed E-state index contributed by atoms with van der Waals surface area (Å²) in [6.07, 6.45) is -2.12. The first-order chi connectivity index (χ1) is 12.9. The molecule has 2 aromatic rings. The summed E-state index contributed by atoms with van der Waals surface area (Å²) in [7, 11) is 0. The number of guanidine groups is 1.